The average Bonchev–Trinajstić information content (AvgIpc) is 3.42. The molecular formula is C20H28F3N7O5S2. The minimum Gasteiger partial charge on any atom is -0.394 e. The molecule has 1 unspecified atom stereocenters. The van der Waals surface area contributed by atoms with Gasteiger partial charge in [-0.2, -0.15) is 18.2 Å². The smallest absolute Gasteiger partial charge is 0.394 e. The van der Waals surface area contributed by atoms with Crippen molar-refractivity contribution in [3.8, 4) is 0 Å². The van der Waals surface area contributed by atoms with Crippen LogP contribution >= 0.6 is 21.6 Å². The second-order valence-electron chi connectivity index (χ2n) is 8.93. The molecule has 3 atom stereocenters. The molecule has 17 heteroatoms. The number of aromatic nitrogens is 4. The standard InChI is InChI=1S/C20H28F3N7O5S2/c1-19(2,7-24-17(33)20(21,22)23)37-36-10-34-11-5-13(35-12(11)6-31)30-9-25-14-15(30)27-18(28-16(14)32)26-8-29(3)4/h8-9,11-13,31H,5-7,10H2,1-4H3,(H,24,33)(H,27,28,32)/t11?,12-,13-/m1/s1. The molecule has 37 heavy (non-hydrogen) atoms. The predicted octanol–water partition coefficient (Wildman–Crippen LogP) is 1.80. The molecule has 2 aromatic rings. The van der Waals surface area contributed by atoms with Crippen LogP contribution in [0, 0.1) is 0 Å². The number of alkyl halides is 3. The van der Waals surface area contributed by atoms with Crippen LogP contribution in [0.15, 0.2) is 16.1 Å². The summed E-state index contributed by atoms with van der Waals surface area (Å²) in [4.78, 5) is 40.3. The van der Waals surface area contributed by atoms with E-state index in [2.05, 4.69) is 19.9 Å². The van der Waals surface area contributed by atoms with Crippen LogP contribution in [0.3, 0.4) is 0 Å². The highest BCUT2D eigenvalue weighted by Gasteiger charge is 2.40. The van der Waals surface area contributed by atoms with Gasteiger partial charge in [-0.1, -0.05) is 21.6 Å². The van der Waals surface area contributed by atoms with E-state index >= 15 is 0 Å². The lowest BCUT2D eigenvalue weighted by atomic mass is 10.2. The molecule has 1 aliphatic heterocycles. The van der Waals surface area contributed by atoms with Crippen molar-refractivity contribution < 1.29 is 32.5 Å². The number of nitrogens with one attached hydrogen (secondary N) is 2. The number of amides is 1. The zero-order valence-electron chi connectivity index (χ0n) is 20.5. The van der Waals surface area contributed by atoms with E-state index in [0.29, 0.717) is 6.42 Å². The number of carbonyl (C=O) groups excluding carboxylic acids is 1. The number of nitrogens with zero attached hydrogens (tertiary/aromatic N) is 5. The molecule has 3 rings (SSSR count). The number of fused-ring (bicyclic) bond motifs is 1. The summed E-state index contributed by atoms with van der Waals surface area (Å²) in [6, 6.07) is 0. The molecule has 0 aromatic carbocycles. The molecule has 1 amide bonds. The van der Waals surface area contributed by atoms with E-state index in [1.54, 1.807) is 37.4 Å². The fourth-order valence-electron chi connectivity index (χ4n) is 3.29. The molecule has 0 bridgehead atoms. The molecule has 0 spiro atoms. The summed E-state index contributed by atoms with van der Waals surface area (Å²) in [5.74, 6) is -1.73. The van der Waals surface area contributed by atoms with Gasteiger partial charge in [0.05, 0.1) is 25.4 Å². The third-order valence-electron chi connectivity index (χ3n) is 5.05. The maximum atomic E-state index is 12.4. The van der Waals surface area contributed by atoms with E-state index in [1.807, 2.05) is 5.32 Å². The molecule has 0 aliphatic carbocycles. The highest BCUT2D eigenvalue weighted by Crippen LogP contribution is 2.38. The Morgan fingerprint density at radius 2 is 2.19 bits per heavy atom. The molecule has 1 fully saturated rings. The van der Waals surface area contributed by atoms with Gasteiger partial charge in [0.15, 0.2) is 11.2 Å². The van der Waals surface area contributed by atoms with E-state index in [-0.39, 0.29) is 36.2 Å². The lowest BCUT2D eigenvalue weighted by Crippen LogP contribution is -2.42. The number of H-pyrrole nitrogens is 1. The number of halogens is 3. The Labute approximate surface area is 217 Å². The Hall–Kier alpha value is -2.34. The van der Waals surface area contributed by atoms with Gasteiger partial charge in [-0.25, -0.2) is 9.98 Å². The molecular weight excluding hydrogens is 539 g/mol. The van der Waals surface area contributed by atoms with Crippen molar-refractivity contribution in [2.75, 3.05) is 33.2 Å². The normalized spacial score (nSPS) is 20.7. The lowest BCUT2D eigenvalue weighted by Gasteiger charge is -2.24. The van der Waals surface area contributed by atoms with Gasteiger partial charge in [-0.3, -0.25) is 19.1 Å². The summed E-state index contributed by atoms with van der Waals surface area (Å²) in [7, 11) is 6.07. The van der Waals surface area contributed by atoms with Gasteiger partial charge in [0, 0.05) is 31.8 Å². The minimum atomic E-state index is -4.93. The molecule has 3 N–H and O–H groups in total. The molecule has 3 heterocycles. The van der Waals surface area contributed by atoms with E-state index in [1.165, 1.54) is 34.3 Å². The van der Waals surface area contributed by atoms with Crippen LogP contribution < -0.4 is 10.9 Å². The van der Waals surface area contributed by atoms with Gasteiger partial charge in [0.25, 0.3) is 5.56 Å². The van der Waals surface area contributed by atoms with Crippen LogP contribution in [-0.4, -0.2) is 98.1 Å². The van der Waals surface area contributed by atoms with Gasteiger partial charge in [-0.15, -0.1) is 0 Å². The molecule has 0 radical (unpaired) electrons. The Bertz CT molecular complexity index is 1170. The van der Waals surface area contributed by atoms with Crippen molar-refractivity contribution in [1.29, 1.82) is 0 Å². The number of ether oxygens (including phenoxy) is 2. The van der Waals surface area contributed by atoms with Crippen molar-refractivity contribution in [3.05, 3.63) is 16.7 Å². The maximum Gasteiger partial charge on any atom is 0.471 e. The van der Waals surface area contributed by atoms with Crippen LogP contribution in [0.4, 0.5) is 19.1 Å². The number of hydrogen-bond acceptors (Lipinski definition) is 10. The Balaban J connectivity index is 1.59. The summed E-state index contributed by atoms with van der Waals surface area (Å²) in [6.45, 7) is 2.90. The van der Waals surface area contributed by atoms with E-state index in [0.717, 1.165) is 0 Å². The second kappa shape index (κ2) is 12.0. The molecule has 0 saturated carbocycles. The summed E-state index contributed by atoms with van der Waals surface area (Å²) in [6.07, 6.45) is -3.45. The summed E-state index contributed by atoms with van der Waals surface area (Å²) in [5, 5.41) is 11.7. The van der Waals surface area contributed by atoms with Gasteiger partial charge >= 0.3 is 12.1 Å². The topological polar surface area (TPSA) is 147 Å². The van der Waals surface area contributed by atoms with Crippen molar-refractivity contribution in [2.24, 2.45) is 4.99 Å². The summed E-state index contributed by atoms with van der Waals surface area (Å²) >= 11 is 0. The highest BCUT2D eigenvalue weighted by molar-refractivity contribution is 8.77. The second-order valence-corrected chi connectivity index (χ2v) is 11.9. The van der Waals surface area contributed by atoms with Crippen molar-refractivity contribution in [2.45, 2.75) is 49.6 Å². The third-order valence-corrected chi connectivity index (χ3v) is 7.99. The van der Waals surface area contributed by atoms with E-state index < -0.39 is 40.8 Å². The number of aliphatic hydroxyl groups excluding tert-OH is 1. The van der Waals surface area contributed by atoms with Crippen LogP contribution in [0.2, 0.25) is 0 Å². The zero-order valence-corrected chi connectivity index (χ0v) is 22.1. The number of rotatable bonds is 11. The average molecular weight is 568 g/mol. The fourth-order valence-corrected chi connectivity index (χ4v) is 5.46. The number of hydrogen-bond donors (Lipinski definition) is 3. The third kappa shape index (κ3) is 7.83. The van der Waals surface area contributed by atoms with Gasteiger partial charge in [-0.05, 0) is 13.8 Å². The number of aliphatic imine (C=N–C) groups is 1. The first-order chi connectivity index (χ1) is 17.3. The Morgan fingerprint density at radius 1 is 1.46 bits per heavy atom. The molecule has 1 aliphatic rings. The number of aromatic amines is 1. The maximum absolute atomic E-state index is 12.4. The summed E-state index contributed by atoms with van der Waals surface area (Å²) in [5.41, 5.74) is -0.0738. The first-order valence-corrected chi connectivity index (χ1v) is 13.3. The van der Waals surface area contributed by atoms with E-state index in [4.69, 9.17) is 9.47 Å². The van der Waals surface area contributed by atoms with Gasteiger partial charge in [0.2, 0.25) is 5.95 Å². The molecule has 2 aromatic heterocycles. The zero-order chi connectivity index (χ0) is 27.4. The molecule has 206 valence electrons. The quantitative estimate of drug-likeness (QED) is 0.121. The largest absolute Gasteiger partial charge is 0.471 e. The fraction of sp³-hybridized carbons (Fsp3) is 0.650. The minimum absolute atomic E-state index is 0.0971. The predicted molar refractivity (Wildman–Crippen MR) is 134 cm³/mol. The van der Waals surface area contributed by atoms with Crippen molar-refractivity contribution in [1.82, 2.24) is 29.7 Å². The first-order valence-electron chi connectivity index (χ1n) is 11.0. The van der Waals surface area contributed by atoms with Crippen LogP contribution in [0.25, 0.3) is 11.2 Å². The van der Waals surface area contributed by atoms with E-state index in [9.17, 15) is 27.9 Å². The van der Waals surface area contributed by atoms with Crippen LogP contribution in [0.1, 0.15) is 26.5 Å². The number of imidazole rings is 1. The number of aliphatic hydroxyl groups is 1. The Morgan fingerprint density at radius 3 is 2.84 bits per heavy atom. The molecule has 12 nitrogen and oxygen atoms in total. The SMILES string of the molecule is CN(C)C=Nc1nc2c(ncn2[C@H]2CC(OCSSC(C)(C)CNC(=O)C(F)(F)F)[C@@H](CO)O2)c(=O)[nH]1. The monoisotopic (exact) mass is 567 g/mol. The molecule has 1 saturated heterocycles. The first kappa shape index (κ1) is 29.2. The van der Waals surface area contributed by atoms with Crippen LogP contribution in [-0.2, 0) is 14.3 Å². The van der Waals surface area contributed by atoms with Crippen LogP contribution in [0.5, 0.6) is 0 Å². The number of carbonyl (C=O) groups is 1. The van der Waals surface area contributed by atoms with Crippen molar-refractivity contribution >= 4 is 50.9 Å². The lowest BCUT2D eigenvalue weighted by molar-refractivity contribution is -0.173. The van der Waals surface area contributed by atoms with Crippen molar-refractivity contribution in [3.63, 3.8) is 0 Å². The highest BCUT2D eigenvalue weighted by atomic mass is 33.1. The van der Waals surface area contributed by atoms with Gasteiger partial charge < -0.3 is 24.8 Å². The van der Waals surface area contributed by atoms with Gasteiger partial charge in [0.1, 0.15) is 18.3 Å². The Kier molecular flexibility index (Phi) is 9.49. The summed E-state index contributed by atoms with van der Waals surface area (Å²) < 4.78 is 49.8.